The Hall–Kier alpha value is -1.79. The number of hydrogen-bond acceptors (Lipinski definition) is 5. The molecule has 1 aromatic carbocycles. The van der Waals surface area contributed by atoms with Gasteiger partial charge in [0.15, 0.2) is 0 Å². The molecule has 0 unspecified atom stereocenters. The summed E-state index contributed by atoms with van der Waals surface area (Å²) in [5.74, 6) is 0.431. The topological polar surface area (TPSA) is 46.6 Å². The van der Waals surface area contributed by atoms with E-state index in [9.17, 15) is 9.59 Å². The Labute approximate surface area is 130 Å². The van der Waals surface area contributed by atoms with Gasteiger partial charge in [0.25, 0.3) is 5.91 Å². The summed E-state index contributed by atoms with van der Waals surface area (Å²) in [6.45, 7) is 0.642. The van der Waals surface area contributed by atoms with Gasteiger partial charge in [0.2, 0.25) is 0 Å². The van der Waals surface area contributed by atoms with Crippen LogP contribution in [0.2, 0.25) is 0 Å². The van der Waals surface area contributed by atoms with Gasteiger partial charge in [0.1, 0.15) is 4.88 Å². The highest BCUT2D eigenvalue weighted by Gasteiger charge is 2.27. The van der Waals surface area contributed by atoms with Gasteiger partial charge >= 0.3 is 5.97 Å². The summed E-state index contributed by atoms with van der Waals surface area (Å²) in [7, 11) is 1.36. The van der Waals surface area contributed by atoms with Crippen LogP contribution in [0.15, 0.2) is 40.6 Å². The fraction of sp³-hybridized carbons (Fsp3) is 0.200. The van der Waals surface area contributed by atoms with Crippen LogP contribution < -0.4 is 4.90 Å². The van der Waals surface area contributed by atoms with Gasteiger partial charge in [-0.15, -0.1) is 23.1 Å². The van der Waals surface area contributed by atoms with E-state index >= 15 is 0 Å². The molecule has 1 aliphatic rings. The number of thiophene rings is 1. The monoisotopic (exact) mass is 319 g/mol. The number of carbonyl (C=O) groups is 2. The van der Waals surface area contributed by atoms with Crippen molar-refractivity contribution in [2.75, 3.05) is 24.3 Å². The highest BCUT2D eigenvalue weighted by atomic mass is 32.2. The first-order valence-electron chi connectivity index (χ1n) is 6.42. The summed E-state index contributed by atoms with van der Waals surface area (Å²) >= 11 is 3.05. The van der Waals surface area contributed by atoms with Gasteiger partial charge in [-0.25, -0.2) is 4.79 Å². The van der Waals surface area contributed by atoms with Crippen molar-refractivity contribution in [2.45, 2.75) is 4.21 Å². The first-order valence-corrected chi connectivity index (χ1v) is 8.23. The molecule has 2 heterocycles. The number of fused-ring (bicyclic) bond motifs is 1. The quantitative estimate of drug-likeness (QED) is 0.797. The largest absolute Gasteiger partial charge is 0.465 e. The van der Waals surface area contributed by atoms with Crippen molar-refractivity contribution in [1.29, 1.82) is 0 Å². The second-order valence-electron chi connectivity index (χ2n) is 4.45. The Balaban J connectivity index is 1.95. The molecule has 6 heteroatoms. The molecular weight excluding hydrogens is 306 g/mol. The number of thioether (sulfide) groups is 1. The molecule has 2 aromatic rings. The highest BCUT2D eigenvalue weighted by molar-refractivity contribution is 8.01. The molecule has 0 bridgehead atoms. The predicted octanol–water partition coefficient (Wildman–Crippen LogP) is 3.29. The summed E-state index contributed by atoms with van der Waals surface area (Å²) in [5.41, 5.74) is 1.46. The molecule has 0 fully saturated rings. The Morgan fingerprint density at radius 3 is 2.71 bits per heavy atom. The zero-order valence-electron chi connectivity index (χ0n) is 11.4. The highest BCUT2D eigenvalue weighted by Crippen LogP contribution is 2.42. The number of esters is 1. The van der Waals surface area contributed by atoms with Crippen molar-refractivity contribution in [3.63, 3.8) is 0 Å². The van der Waals surface area contributed by atoms with E-state index < -0.39 is 0 Å². The van der Waals surface area contributed by atoms with E-state index in [2.05, 4.69) is 0 Å². The lowest BCUT2D eigenvalue weighted by Gasteiger charge is -2.26. The molecule has 0 saturated heterocycles. The van der Waals surface area contributed by atoms with Gasteiger partial charge in [0, 0.05) is 17.9 Å². The fourth-order valence-corrected chi connectivity index (χ4v) is 4.50. The number of nitrogens with zero attached hydrogens (tertiary/aromatic N) is 1. The van der Waals surface area contributed by atoms with Crippen LogP contribution in [0.1, 0.15) is 20.0 Å². The second kappa shape index (κ2) is 5.91. The van der Waals surface area contributed by atoms with Crippen LogP contribution in [0.25, 0.3) is 0 Å². The maximum Gasteiger partial charge on any atom is 0.348 e. The van der Waals surface area contributed by atoms with E-state index in [0.717, 1.165) is 15.6 Å². The first-order chi connectivity index (χ1) is 10.2. The van der Waals surface area contributed by atoms with Crippen LogP contribution in [0, 0.1) is 0 Å². The Kier molecular flexibility index (Phi) is 3.98. The fourth-order valence-electron chi connectivity index (χ4n) is 2.16. The Bertz CT molecular complexity index is 681. The van der Waals surface area contributed by atoms with Crippen LogP contribution in [0.4, 0.5) is 5.69 Å². The van der Waals surface area contributed by atoms with Crippen molar-refractivity contribution < 1.29 is 14.3 Å². The molecule has 3 rings (SSSR count). The van der Waals surface area contributed by atoms with Crippen LogP contribution >= 0.6 is 23.1 Å². The summed E-state index contributed by atoms with van der Waals surface area (Å²) in [4.78, 5) is 26.5. The molecule has 0 spiro atoms. The zero-order valence-corrected chi connectivity index (χ0v) is 13.0. The van der Waals surface area contributed by atoms with Gasteiger partial charge < -0.3 is 9.64 Å². The Morgan fingerprint density at radius 1 is 1.24 bits per heavy atom. The van der Waals surface area contributed by atoms with Crippen LogP contribution in [0.3, 0.4) is 0 Å². The molecular formula is C15H13NO3S2. The minimum absolute atomic E-state index is 0.0358. The summed E-state index contributed by atoms with van der Waals surface area (Å²) in [5, 5.41) is 0. The molecule has 4 nitrogen and oxygen atoms in total. The van der Waals surface area contributed by atoms with E-state index in [1.54, 1.807) is 34.9 Å². The third-order valence-corrected chi connectivity index (χ3v) is 5.53. The van der Waals surface area contributed by atoms with Crippen molar-refractivity contribution in [3.05, 3.63) is 46.8 Å². The van der Waals surface area contributed by atoms with Crippen LogP contribution in [-0.4, -0.2) is 31.3 Å². The van der Waals surface area contributed by atoms with Crippen molar-refractivity contribution >= 4 is 40.7 Å². The summed E-state index contributed by atoms with van der Waals surface area (Å²) in [6, 6.07) is 10.9. The normalized spacial score (nSPS) is 13.7. The first kappa shape index (κ1) is 14.2. The third-order valence-electron chi connectivity index (χ3n) is 3.17. The molecule has 108 valence electrons. The number of methoxy groups -OCH3 is 1. The molecule has 1 amide bonds. The smallest absolute Gasteiger partial charge is 0.348 e. The molecule has 1 aromatic heterocycles. The minimum Gasteiger partial charge on any atom is -0.465 e. The summed E-state index contributed by atoms with van der Waals surface area (Å²) < 4.78 is 5.74. The number of hydrogen-bond donors (Lipinski definition) is 0. The number of amides is 1. The van der Waals surface area contributed by atoms with Crippen molar-refractivity contribution in [3.8, 4) is 0 Å². The zero-order chi connectivity index (χ0) is 14.8. The lowest BCUT2D eigenvalue weighted by atomic mass is 10.2. The molecule has 21 heavy (non-hydrogen) atoms. The van der Waals surface area contributed by atoms with E-state index in [1.807, 2.05) is 18.2 Å². The molecule has 0 aliphatic carbocycles. The number of rotatable bonds is 2. The van der Waals surface area contributed by atoms with E-state index in [0.29, 0.717) is 17.0 Å². The van der Waals surface area contributed by atoms with E-state index in [4.69, 9.17) is 4.74 Å². The van der Waals surface area contributed by atoms with Crippen molar-refractivity contribution in [2.24, 2.45) is 0 Å². The maximum atomic E-state index is 12.6. The van der Waals surface area contributed by atoms with Gasteiger partial charge in [-0.3, -0.25) is 4.79 Å². The lowest BCUT2D eigenvalue weighted by molar-refractivity contribution is 0.0606. The predicted molar refractivity (Wildman–Crippen MR) is 84.5 cm³/mol. The molecule has 0 atom stereocenters. The van der Waals surface area contributed by atoms with E-state index in [-0.39, 0.29) is 11.9 Å². The standard InChI is InChI=1S/C15H13NO3S2/c1-19-14(18)12-9-11-15(21-12)20-8-7-16(11)13(17)10-5-3-2-4-6-10/h2-6,9H,7-8H2,1H3. The van der Waals surface area contributed by atoms with Gasteiger partial charge in [-0.2, -0.15) is 0 Å². The van der Waals surface area contributed by atoms with Gasteiger partial charge in [-0.1, -0.05) is 18.2 Å². The number of ether oxygens (including phenoxy) is 1. The molecule has 1 aliphatic heterocycles. The molecule has 0 radical (unpaired) electrons. The SMILES string of the molecule is COC(=O)c1cc2c(s1)SCCN2C(=O)c1ccccc1. The molecule has 0 N–H and O–H groups in total. The number of benzene rings is 1. The third kappa shape index (κ3) is 2.69. The average molecular weight is 319 g/mol. The van der Waals surface area contributed by atoms with Crippen LogP contribution in [-0.2, 0) is 4.74 Å². The van der Waals surface area contributed by atoms with Gasteiger partial charge in [0.05, 0.1) is 17.0 Å². The lowest BCUT2D eigenvalue weighted by Crippen LogP contribution is -2.34. The second-order valence-corrected chi connectivity index (χ2v) is 6.86. The Morgan fingerprint density at radius 2 is 2.00 bits per heavy atom. The number of anilines is 1. The maximum absolute atomic E-state index is 12.6. The van der Waals surface area contributed by atoms with E-state index in [1.165, 1.54) is 18.4 Å². The summed E-state index contributed by atoms with van der Waals surface area (Å²) in [6.07, 6.45) is 0. The minimum atomic E-state index is -0.359. The van der Waals surface area contributed by atoms with Crippen molar-refractivity contribution in [1.82, 2.24) is 0 Å². The number of carbonyl (C=O) groups excluding carboxylic acids is 2. The average Bonchev–Trinajstić information content (AvgIpc) is 2.98. The molecule has 0 saturated carbocycles. The van der Waals surface area contributed by atoms with Crippen LogP contribution in [0.5, 0.6) is 0 Å². The van der Waals surface area contributed by atoms with Gasteiger partial charge in [-0.05, 0) is 18.2 Å².